The maximum atomic E-state index is 12.7. The molecule has 0 amide bonds. The molecule has 0 saturated heterocycles. The van der Waals surface area contributed by atoms with Gasteiger partial charge in [-0.2, -0.15) is 19.1 Å². The molecule has 0 N–H and O–H groups in total. The Hall–Kier alpha value is -3.18. The molecule has 3 rings (SSSR count). The third kappa shape index (κ3) is 4.21. The molecule has 1 heterocycles. The van der Waals surface area contributed by atoms with Gasteiger partial charge in [0.1, 0.15) is 18.2 Å². The molecule has 5 nitrogen and oxygen atoms in total. The Morgan fingerprint density at radius 3 is 2.57 bits per heavy atom. The van der Waals surface area contributed by atoms with Crippen LogP contribution in [0, 0.1) is 18.3 Å². The molecular weight excluding hydrogens is 384 g/mol. The lowest BCUT2D eigenvalue weighted by Gasteiger charge is -2.11. The second-order valence-corrected chi connectivity index (χ2v) is 6.75. The van der Waals surface area contributed by atoms with E-state index in [4.69, 9.17) is 4.74 Å². The highest BCUT2D eigenvalue weighted by Crippen LogP contribution is 2.29. The van der Waals surface area contributed by atoms with Crippen molar-refractivity contribution < 1.29 is 18.3 Å². The average molecular weight is 399 g/mol. The number of nitrogens with zero attached hydrogens (tertiary/aromatic N) is 3. The van der Waals surface area contributed by atoms with E-state index in [-0.39, 0.29) is 28.8 Å². The number of carbonyl (C=O) groups excluding carboxylic acids is 1. The number of hydrogen-bond donors (Lipinski definition) is 0. The quantitative estimate of drug-likeness (QED) is 0.443. The Morgan fingerprint density at radius 1 is 1.21 bits per heavy atom. The highest BCUT2D eigenvalue weighted by molar-refractivity contribution is 7.99. The second-order valence-electron chi connectivity index (χ2n) is 5.72. The van der Waals surface area contributed by atoms with E-state index in [1.165, 1.54) is 12.1 Å². The van der Waals surface area contributed by atoms with Crippen LogP contribution in [0.5, 0.6) is 0 Å². The third-order valence-electron chi connectivity index (χ3n) is 3.93. The molecule has 0 radical (unpaired) electrons. The largest absolute Gasteiger partial charge is 0.455 e. The lowest BCUT2D eigenvalue weighted by Crippen LogP contribution is -2.11. The summed E-state index contributed by atoms with van der Waals surface area (Å²) in [5, 5.41) is 13.8. The van der Waals surface area contributed by atoms with Crippen LogP contribution >= 0.6 is 11.8 Å². The number of ether oxygens (including phenoxy) is 1. The van der Waals surface area contributed by atoms with Gasteiger partial charge >= 0.3 is 5.97 Å². The van der Waals surface area contributed by atoms with E-state index in [0.717, 1.165) is 0 Å². The zero-order valence-corrected chi connectivity index (χ0v) is 15.6. The predicted molar refractivity (Wildman–Crippen MR) is 100 cm³/mol. The topological polar surface area (TPSA) is 67.9 Å². The number of benzene rings is 2. The number of carbonyl (C=O) groups is 1. The molecule has 0 spiro atoms. The van der Waals surface area contributed by atoms with Crippen molar-refractivity contribution in [1.82, 2.24) is 9.78 Å². The molecule has 0 atom stereocenters. The molecule has 0 unspecified atom stereocenters. The number of alkyl halides is 2. The van der Waals surface area contributed by atoms with Gasteiger partial charge in [0.25, 0.3) is 5.76 Å². The lowest BCUT2D eigenvalue weighted by molar-refractivity contribution is 0.0460. The first-order chi connectivity index (χ1) is 13.5. The number of halogens is 2. The number of aromatic nitrogens is 2. The summed E-state index contributed by atoms with van der Waals surface area (Å²) in [4.78, 5) is 12.6. The smallest absolute Gasteiger partial charge is 0.339 e. The van der Waals surface area contributed by atoms with Gasteiger partial charge in [0.15, 0.2) is 0 Å². The Balaban J connectivity index is 1.88. The summed E-state index contributed by atoms with van der Waals surface area (Å²) in [5.74, 6) is -3.40. The fourth-order valence-electron chi connectivity index (χ4n) is 2.68. The number of hydrogen-bond acceptors (Lipinski definition) is 5. The van der Waals surface area contributed by atoms with E-state index in [1.807, 2.05) is 30.3 Å². The van der Waals surface area contributed by atoms with Gasteiger partial charge < -0.3 is 4.74 Å². The van der Waals surface area contributed by atoms with Crippen molar-refractivity contribution in [2.24, 2.45) is 0 Å². The van der Waals surface area contributed by atoms with Crippen molar-refractivity contribution in [1.29, 1.82) is 5.26 Å². The first-order valence-corrected chi connectivity index (χ1v) is 9.14. The molecule has 0 aliphatic heterocycles. The minimum atomic E-state index is -2.65. The van der Waals surface area contributed by atoms with Crippen LogP contribution in [0.25, 0.3) is 5.69 Å². The first kappa shape index (κ1) is 19.6. The molecule has 0 fully saturated rings. The molecule has 0 aliphatic rings. The van der Waals surface area contributed by atoms with Crippen molar-refractivity contribution in [3.8, 4) is 11.8 Å². The Morgan fingerprint density at radius 2 is 1.89 bits per heavy atom. The zero-order chi connectivity index (χ0) is 20.1. The van der Waals surface area contributed by atoms with Crippen LogP contribution in [0.15, 0.2) is 59.5 Å². The van der Waals surface area contributed by atoms with Gasteiger partial charge in [-0.05, 0) is 31.2 Å². The third-order valence-corrected chi connectivity index (χ3v) is 4.72. The van der Waals surface area contributed by atoms with E-state index in [2.05, 4.69) is 11.2 Å². The summed E-state index contributed by atoms with van der Waals surface area (Å²) in [6, 6.07) is 17.2. The lowest BCUT2D eigenvalue weighted by atomic mass is 10.2. The van der Waals surface area contributed by atoms with Crippen LogP contribution in [0.4, 0.5) is 8.78 Å². The summed E-state index contributed by atoms with van der Waals surface area (Å²) in [5.41, 5.74) is 2.00. The van der Waals surface area contributed by atoms with Gasteiger partial charge in [0.2, 0.25) is 0 Å². The van der Waals surface area contributed by atoms with E-state index >= 15 is 0 Å². The average Bonchev–Trinajstić information content (AvgIpc) is 3.02. The van der Waals surface area contributed by atoms with E-state index in [1.54, 1.807) is 23.7 Å². The molecule has 2 aromatic carbocycles. The predicted octanol–water partition coefficient (Wildman–Crippen LogP) is 4.72. The fraction of sp³-hybridized carbons (Fsp3) is 0.150. The standard InChI is InChI=1S/C20H15F2N3O2S/c1-13-16(11-23)17(25(24-13)14-7-3-2-4-8-14)12-27-19(26)15-9-5-6-10-18(15)28-20(21)22/h2-10,20H,12H2,1H3. The molecule has 28 heavy (non-hydrogen) atoms. The normalized spacial score (nSPS) is 10.7. The minimum Gasteiger partial charge on any atom is -0.455 e. The number of aryl methyl sites for hydroxylation is 1. The highest BCUT2D eigenvalue weighted by Gasteiger charge is 2.20. The Kier molecular flexibility index (Phi) is 6.06. The molecule has 0 saturated carbocycles. The van der Waals surface area contributed by atoms with Gasteiger partial charge in [-0.15, -0.1) is 0 Å². The monoisotopic (exact) mass is 399 g/mol. The van der Waals surface area contributed by atoms with Gasteiger partial charge in [-0.25, -0.2) is 9.48 Å². The first-order valence-electron chi connectivity index (χ1n) is 8.26. The molecule has 1 aromatic heterocycles. The number of rotatable bonds is 6. The summed E-state index contributed by atoms with van der Waals surface area (Å²) < 4.78 is 32.3. The maximum Gasteiger partial charge on any atom is 0.339 e. The fourth-order valence-corrected chi connectivity index (χ4v) is 3.31. The van der Waals surface area contributed by atoms with Crippen molar-refractivity contribution in [2.75, 3.05) is 0 Å². The van der Waals surface area contributed by atoms with Crippen LogP contribution in [0.1, 0.15) is 27.3 Å². The zero-order valence-electron chi connectivity index (χ0n) is 14.8. The van der Waals surface area contributed by atoms with Crippen LogP contribution in [0.3, 0.4) is 0 Å². The number of para-hydroxylation sites is 1. The molecular formula is C20H15F2N3O2S. The van der Waals surface area contributed by atoms with E-state index in [9.17, 15) is 18.8 Å². The van der Waals surface area contributed by atoms with Crippen LogP contribution in [-0.2, 0) is 11.3 Å². The Labute approximate surface area is 164 Å². The summed E-state index contributed by atoms with van der Waals surface area (Å²) in [6.07, 6.45) is 0. The molecule has 0 aliphatic carbocycles. The van der Waals surface area contributed by atoms with Crippen molar-refractivity contribution in [3.63, 3.8) is 0 Å². The molecule has 142 valence electrons. The number of esters is 1. The minimum absolute atomic E-state index is 0.0498. The van der Waals surface area contributed by atoms with Crippen LogP contribution in [0.2, 0.25) is 0 Å². The van der Waals surface area contributed by atoms with E-state index in [0.29, 0.717) is 22.6 Å². The van der Waals surface area contributed by atoms with Gasteiger partial charge in [-0.1, -0.05) is 42.1 Å². The Bertz CT molecular complexity index is 1030. The van der Waals surface area contributed by atoms with Crippen molar-refractivity contribution >= 4 is 17.7 Å². The van der Waals surface area contributed by atoms with Crippen LogP contribution < -0.4 is 0 Å². The SMILES string of the molecule is Cc1nn(-c2ccccc2)c(COC(=O)c2ccccc2SC(F)F)c1C#N. The second kappa shape index (κ2) is 8.67. The van der Waals surface area contributed by atoms with Crippen molar-refractivity contribution in [3.05, 3.63) is 77.1 Å². The van der Waals surface area contributed by atoms with Gasteiger partial charge in [0, 0.05) is 4.90 Å². The molecule has 0 bridgehead atoms. The summed E-state index contributed by atoms with van der Waals surface area (Å²) in [7, 11) is 0. The van der Waals surface area contributed by atoms with Gasteiger partial charge in [-0.3, -0.25) is 0 Å². The van der Waals surface area contributed by atoms with E-state index < -0.39 is 11.7 Å². The van der Waals surface area contributed by atoms with Crippen molar-refractivity contribution in [2.45, 2.75) is 24.2 Å². The van der Waals surface area contributed by atoms with Crippen LogP contribution in [-0.4, -0.2) is 21.5 Å². The number of nitriles is 1. The molecule has 8 heteroatoms. The highest BCUT2D eigenvalue weighted by atomic mass is 32.2. The van der Waals surface area contributed by atoms with Gasteiger partial charge in [0.05, 0.1) is 22.6 Å². The maximum absolute atomic E-state index is 12.7. The summed E-state index contributed by atoms with van der Waals surface area (Å²) >= 11 is 0.283. The summed E-state index contributed by atoms with van der Waals surface area (Å²) in [6.45, 7) is 1.48. The number of thioether (sulfide) groups is 1. The molecule has 3 aromatic rings.